The van der Waals surface area contributed by atoms with E-state index in [1.165, 1.54) is 0 Å². The summed E-state index contributed by atoms with van der Waals surface area (Å²) >= 11 is 0. The van der Waals surface area contributed by atoms with Crippen molar-refractivity contribution < 1.29 is 9.59 Å². The number of nitrogens with one attached hydrogen (secondary N) is 1. The van der Waals surface area contributed by atoms with Gasteiger partial charge in [0.1, 0.15) is 0 Å². The second kappa shape index (κ2) is 6.60. The van der Waals surface area contributed by atoms with Gasteiger partial charge >= 0.3 is 0 Å². The molecule has 0 unspecified atom stereocenters. The average Bonchev–Trinajstić information content (AvgIpc) is 3.19. The van der Waals surface area contributed by atoms with E-state index in [2.05, 4.69) is 22.5 Å². The number of imidazole rings is 1. The van der Waals surface area contributed by atoms with E-state index < -0.39 is 0 Å². The fourth-order valence-electron chi connectivity index (χ4n) is 2.73. The first-order valence-corrected chi connectivity index (χ1v) is 7.72. The number of amides is 1. The lowest BCUT2D eigenvalue weighted by atomic mass is 10.0. The van der Waals surface area contributed by atoms with Crippen LogP contribution in [0, 0.1) is 5.92 Å². The molecule has 0 saturated carbocycles. The van der Waals surface area contributed by atoms with Crippen molar-refractivity contribution in [3.63, 3.8) is 0 Å². The van der Waals surface area contributed by atoms with Gasteiger partial charge in [0.15, 0.2) is 5.82 Å². The molecule has 0 spiro atoms. The van der Waals surface area contributed by atoms with Crippen LogP contribution < -0.4 is 5.32 Å². The highest BCUT2D eigenvalue weighted by molar-refractivity contribution is 6.07. The van der Waals surface area contributed by atoms with Gasteiger partial charge in [0.05, 0.1) is 0 Å². The highest BCUT2D eigenvalue weighted by atomic mass is 16.1. The Morgan fingerprint density at radius 3 is 2.70 bits per heavy atom. The number of benzene rings is 1. The second-order valence-electron chi connectivity index (χ2n) is 5.79. The van der Waals surface area contributed by atoms with Crippen LogP contribution in [0.2, 0.25) is 0 Å². The number of allylic oxidation sites excluding steroid dienone is 2. The van der Waals surface area contributed by atoms with Gasteiger partial charge in [-0.25, -0.2) is 4.98 Å². The molecule has 0 fully saturated rings. The third-order valence-corrected chi connectivity index (χ3v) is 4.02. The van der Waals surface area contributed by atoms with Crippen molar-refractivity contribution in [1.82, 2.24) is 9.55 Å². The van der Waals surface area contributed by atoms with Gasteiger partial charge in [-0.15, -0.1) is 0 Å². The minimum Gasteiger partial charge on any atom is -0.331 e. The van der Waals surface area contributed by atoms with Gasteiger partial charge in [-0.3, -0.25) is 9.59 Å². The molecule has 1 N–H and O–H groups in total. The largest absolute Gasteiger partial charge is 0.331 e. The number of carbonyl (C=O) groups is 2. The van der Waals surface area contributed by atoms with E-state index in [-0.39, 0.29) is 11.7 Å². The van der Waals surface area contributed by atoms with Crippen LogP contribution in [0.5, 0.6) is 0 Å². The molecule has 1 aromatic heterocycles. The molecule has 3 rings (SSSR count). The molecule has 0 aliphatic heterocycles. The van der Waals surface area contributed by atoms with Crippen molar-refractivity contribution in [1.29, 1.82) is 0 Å². The monoisotopic (exact) mass is 309 g/mol. The van der Waals surface area contributed by atoms with E-state index in [0.717, 1.165) is 12.8 Å². The molecule has 2 aromatic rings. The van der Waals surface area contributed by atoms with Gasteiger partial charge in [0.25, 0.3) is 0 Å². The molecular formula is C18H19N3O2. The molecule has 1 heterocycles. The van der Waals surface area contributed by atoms with E-state index >= 15 is 0 Å². The summed E-state index contributed by atoms with van der Waals surface area (Å²) in [6.45, 7) is 0. The fourth-order valence-corrected chi connectivity index (χ4v) is 2.73. The summed E-state index contributed by atoms with van der Waals surface area (Å²) in [7, 11) is 1.78. The van der Waals surface area contributed by atoms with Crippen LogP contribution in [-0.2, 0) is 11.8 Å². The first-order valence-electron chi connectivity index (χ1n) is 7.72. The third kappa shape index (κ3) is 3.56. The first-order chi connectivity index (χ1) is 11.1. The number of anilines is 1. The molecule has 0 radical (unpaired) electrons. The molecule has 23 heavy (non-hydrogen) atoms. The summed E-state index contributed by atoms with van der Waals surface area (Å²) in [4.78, 5) is 28.4. The Kier molecular flexibility index (Phi) is 4.37. The van der Waals surface area contributed by atoms with Crippen molar-refractivity contribution in [3.05, 3.63) is 60.2 Å². The molecule has 1 aliphatic rings. The Hall–Kier alpha value is -2.69. The molecule has 0 bridgehead atoms. The lowest BCUT2D eigenvalue weighted by Gasteiger charge is -2.09. The lowest BCUT2D eigenvalue weighted by Crippen LogP contribution is -2.15. The second-order valence-corrected chi connectivity index (χ2v) is 5.79. The molecule has 118 valence electrons. The highest BCUT2D eigenvalue weighted by Crippen LogP contribution is 2.21. The molecular weight excluding hydrogens is 290 g/mol. The Bertz CT molecular complexity index is 744. The number of aromatic nitrogens is 2. The van der Waals surface area contributed by atoms with Gasteiger partial charge in [-0.2, -0.15) is 0 Å². The zero-order valence-corrected chi connectivity index (χ0v) is 13.0. The van der Waals surface area contributed by atoms with Crippen LogP contribution >= 0.6 is 0 Å². The van der Waals surface area contributed by atoms with E-state index in [9.17, 15) is 9.59 Å². The van der Waals surface area contributed by atoms with E-state index in [0.29, 0.717) is 29.4 Å². The van der Waals surface area contributed by atoms with Gasteiger partial charge in [0, 0.05) is 37.1 Å². The molecule has 0 saturated heterocycles. The summed E-state index contributed by atoms with van der Waals surface area (Å²) in [5.74, 6) is 0.616. The normalized spacial score (nSPS) is 16.5. The molecule has 1 amide bonds. The lowest BCUT2D eigenvalue weighted by molar-refractivity contribution is -0.116. The standard InChI is InChI=1S/C18H19N3O2/c1-21-11-10-19-18(21)17(23)14-6-8-15(9-7-14)20-16(22)12-13-4-2-3-5-13/h2,4,6-11,13H,3,5,12H2,1H3,(H,20,22)/t13-/m0/s1. The maximum Gasteiger partial charge on any atom is 0.228 e. The van der Waals surface area contributed by atoms with E-state index in [1.54, 1.807) is 48.3 Å². The zero-order chi connectivity index (χ0) is 16.2. The summed E-state index contributed by atoms with van der Waals surface area (Å²) in [5.41, 5.74) is 1.25. The Labute approximate surface area is 135 Å². The quantitative estimate of drug-likeness (QED) is 0.682. The van der Waals surface area contributed by atoms with Crippen LogP contribution in [0.3, 0.4) is 0 Å². The van der Waals surface area contributed by atoms with Crippen LogP contribution in [0.4, 0.5) is 5.69 Å². The van der Waals surface area contributed by atoms with Gasteiger partial charge in [-0.05, 0) is 43.0 Å². The molecule has 5 heteroatoms. The molecule has 1 aromatic carbocycles. The number of rotatable bonds is 5. The molecule has 5 nitrogen and oxygen atoms in total. The summed E-state index contributed by atoms with van der Waals surface area (Å²) < 4.78 is 1.69. The van der Waals surface area contributed by atoms with Crippen LogP contribution in [0.25, 0.3) is 0 Å². The maximum absolute atomic E-state index is 12.3. The van der Waals surface area contributed by atoms with Crippen molar-refractivity contribution in [2.45, 2.75) is 19.3 Å². The predicted molar refractivity (Wildman–Crippen MR) is 88.2 cm³/mol. The summed E-state index contributed by atoms with van der Waals surface area (Å²) in [5, 5.41) is 2.88. The SMILES string of the molecule is Cn1ccnc1C(=O)c1ccc(NC(=O)C[C@H]2C=CCC2)cc1. The highest BCUT2D eigenvalue weighted by Gasteiger charge is 2.15. The van der Waals surface area contributed by atoms with E-state index in [4.69, 9.17) is 0 Å². The fraction of sp³-hybridized carbons (Fsp3) is 0.278. The van der Waals surface area contributed by atoms with E-state index in [1.807, 2.05) is 0 Å². The summed E-state index contributed by atoms with van der Waals surface area (Å²) in [6, 6.07) is 6.92. The number of aryl methyl sites for hydroxylation is 1. The Balaban J connectivity index is 1.63. The minimum atomic E-state index is -0.133. The van der Waals surface area contributed by atoms with Gasteiger partial charge in [0.2, 0.25) is 11.7 Å². The molecule has 1 aliphatic carbocycles. The topological polar surface area (TPSA) is 64.0 Å². The van der Waals surface area contributed by atoms with Crippen LogP contribution in [-0.4, -0.2) is 21.2 Å². The number of carbonyl (C=O) groups excluding carboxylic acids is 2. The van der Waals surface area contributed by atoms with Gasteiger partial charge < -0.3 is 9.88 Å². The van der Waals surface area contributed by atoms with Crippen LogP contribution in [0.15, 0.2) is 48.8 Å². The van der Waals surface area contributed by atoms with Crippen molar-refractivity contribution in [2.75, 3.05) is 5.32 Å². The summed E-state index contributed by atoms with van der Waals surface area (Å²) in [6.07, 6.45) is 10.2. The Morgan fingerprint density at radius 2 is 2.09 bits per heavy atom. The maximum atomic E-state index is 12.3. The van der Waals surface area contributed by atoms with Gasteiger partial charge in [-0.1, -0.05) is 12.2 Å². The number of hydrogen-bond donors (Lipinski definition) is 1. The average molecular weight is 309 g/mol. The third-order valence-electron chi connectivity index (χ3n) is 4.02. The van der Waals surface area contributed by atoms with Crippen LogP contribution in [0.1, 0.15) is 35.4 Å². The first kappa shape index (κ1) is 15.2. The number of hydrogen-bond acceptors (Lipinski definition) is 3. The predicted octanol–water partition coefficient (Wildman–Crippen LogP) is 2.95. The smallest absolute Gasteiger partial charge is 0.228 e. The van der Waals surface area contributed by atoms with Crippen molar-refractivity contribution in [3.8, 4) is 0 Å². The number of nitrogens with zero attached hydrogens (tertiary/aromatic N) is 2. The number of ketones is 1. The zero-order valence-electron chi connectivity index (χ0n) is 13.0. The van der Waals surface area contributed by atoms with Crippen molar-refractivity contribution >= 4 is 17.4 Å². The van der Waals surface area contributed by atoms with Crippen molar-refractivity contribution in [2.24, 2.45) is 13.0 Å². The molecule has 1 atom stereocenters. The minimum absolute atomic E-state index is 0.00438. The Morgan fingerprint density at radius 1 is 1.30 bits per heavy atom.